The van der Waals surface area contributed by atoms with Crippen LogP contribution in [0.3, 0.4) is 0 Å². The fourth-order valence-electron chi connectivity index (χ4n) is 6.18. The summed E-state index contributed by atoms with van der Waals surface area (Å²) >= 11 is 16.8. The van der Waals surface area contributed by atoms with E-state index in [1.165, 1.54) is 23.9 Å². The predicted molar refractivity (Wildman–Crippen MR) is 237 cm³/mol. The van der Waals surface area contributed by atoms with Gasteiger partial charge in [0, 0.05) is 25.9 Å². The van der Waals surface area contributed by atoms with Crippen LogP contribution < -0.4 is 21.5 Å². The molecule has 0 bridgehead atoms. The highest BCUT2D eigenvalue weighted by Crippen LogP contribution is 2.26. The van der Waals surface area contributed by atoms with Crippen LogP contribution in [-0.2, 0) is 52.6 Å². The maximum atomic E-state index is 12.9. The number of unbranched alkanes of at least 4 members (excludes halogenated alkanes) is 4. The van der Waals surface area contributed by atoms with E-state index in [0.29, 0.717) is 51.6 Å². The maximum absolute atomic E-state index is 12.9. The van der Waals surface area contributed by atoms with E-state index in [1.54, 1.807) is 39.8 Å². The molecule has 2 aliphatic heterocycles. The number of aliphatic carboxylic acids is 1. The summed E-state index contributed by atoms with van der Waals surface area (Å²) in [5.74, 6) is -5.16. The summed E-state index contributed by atoms with van der Waals surface area (Å²) in [6, 6.07) is -3.45. The topological polar surface area (TPSA) is 239 Å². The van der Waals surface area contributed by atoms with Gasteiger partial charge in [-0.1, -0.05) is 74.6 Å². The van der Waals surface area contributed by atoms with Gasteiger partial charge in [0.2, 0.25) is 3.79 Å². The number of ether oxygens (including phenoxy) is 3. The number of hydrazine groups is 2. The molecule has 2 saturated heterocycles. The molecule has 21 heteroatoms. The average molecular weight is 954 g/mol. The van der Waals surface area contributed by atoms with Crippen molar-refractivity contribution in [3.05, 3.63) is 25.3 Å². The minimum Gasteiger partial charge on any atom is -0.480 e. The van der Waals surface area contributed by atoms with Gasteiger partial charge in [-0.25, -0.2) is 10.9 Å². The van der Waals surface area contributed by atoms with Crippen LogP contribution in [0.1, 0.15) is 119 Å². The molecule has 4 amide bonds. The number of alkyl halides is 3. The molecule has 358 valence electrons. The van der Waals surface area contributed by atoms with Crippen molar-refractivity contribution in [1.82, 2.24) is 31.5 Å². The number of nitrogens with zero attached hydrogens (tertiary/aromatic N) is 2. The van der Waals surface area contributed by atoms with Gasteiger partial charge in [0.05, 0.1) is 0 Å². The lowest BCUT2D eigenvalue weighted by atomic mass is 10.1. The number of carbonyl (C=O) groups is 8. The molecule has 2 aliphatic rings. The first kappa shape index (κ1) is 57.0. The lowest BCUT2D eigenvalue weighted by molar-refractivity contribution is -0.160. The van der Waals surface area contributed by atoms with E-state index in [4.69, 9.17) is 54.1 Å². The highest BCUT2D eigenvalue weighted by atomic mass is 35.6. The second-order valence-electron chi connectivity index (χ2n) is 16.0. The molecule has 0 spiro atoms. The summed E-state index contributed by atoms with van der Waals surface area (Å²) < 4.78 is 13.9. The monoisotopic (exact) mass is 952 g/mol. The summed E-state index contributed by atoms with van der Waals surface area (Å²) in [6.45, 7) is 17.6. The molecule has 0 aromatic carbocycles. The zero-order chi connectivity index (χ0) is 47.9. The Hall–Kier alpha value is -3.97. The van der Waals surface area contributed by atoms with E-state index in [9.17, 15) is 38.4 Å². The van der Waals surface area contributed by atoms with Crippen LogP contribution in [0.4, 0.5) is 0 Å². The number of nitrogens with one attached hydrogen (secondary N) is 4. The average Bonchev–Trinajstić information content (AvgIpc) is 3.23. The van der Waals surface area contributed by atoms with E-state index in [-0.39, 0.29) is 24.7 Å². The van der Waals surface area contributed by atoms with E-state index >= 15 is 0 Å². The largest absolute Gasteiger partial charge is 0.480 e. The van der Waals surface area contributed by atoms with Crippen molar-refractivity contribution in [2.45, 2.75) is 159 Å². The van der Waals surface area contributed by atoms with E-state index in [0.717, 1.165) is 25.7 Å². The molecule has 0 aliphatic carbocycles. The Bertz CT molecular complexity index is 1560. The van der Waals surface area contributed by atoms with Crippen molar-refractivity contribution >= 4 is 82.3 Å². The Labute approximate surface area is 385 Å². The zero-order valence-corrected chi connectivity index (χ0v) is 39.5. The Morgan fingerprint density at radius 1 is 0.698 bits per heavy atom. The van der Waals surface area contributed by atoms with Gasteiger partial charge >= 0.3 is 23.9 Å². The first-order valence-corrected chi connectivity index (χ1v) is 22.5. The zero-order valence-electron chi connectivity index (χ0n) is 37.3. The number of hydrogen-bond donors (Lipinski definition) is 5. The highest BCUT2D eigenvalue weighted by molar-refractivity contribution is 6.67. The second kappa shape index (κ2) is 29.5. The highest BCUT2D eigenvalue weighted by Gasteiger charge is 2.36. The van der Waals surface area contributed by atoms with Gasteiger partial charge < -0.3 is 30.0 Å². The van der Waals surface area contributed by atoms with Crippen LogP contribution in [-0.4, -0.2) is 122 Å². The molecule has 0 aromatic rings. The molecule has 2 heterocycles. The predicted octanol–water partition coefficient (Wildman–Crippen LogP) is 4.60. The normalized spacial score (nSPS) is 18.3. The number of amides is 4. The van der Waals surface area contributed by atoms with E-state index < -0.39 is 94.3 Å². The first-order valence-electron chi connectivity index (χ1n) is 21.4. The third kappa shape index (κ3) is 22.5. The van der Waals surface area contributed by atoms with Crippen molar-refractivity contribution in [1.29, 1.82) is 0 Å². The van der Waals surface area contributed by atoms with Crippen molar-refractivity contribution in [2.24, 2.45) is 11.8 Å². The van der Waals surface area contributed by atoms with Gasteiger partial charge in [-0.2, -0.15) is 0 Å². The van der Waals surface area contributed by atoms with Gasteiger partial charge in [0.25, 0.3) is 23.6 Å². The number of esters is 3. The third-order valence-electron chi connectivity index (χ3n) is 9.65. The van der Waals surface area contributed by atoms with Crippen LogP contribution in [0.25, 0.3) is 0 Å². The summed E-state index contributed by atoms with van der Waals surface area (Å²) in [5, 5.41) is 16.8. The molecule has 0 radical (unpaired) electrons. The number of carbonyl (C=O) groups excluding carboxylic acids is 7. The molecule has 18 nitrogen and oxygen atoms in total. The Balaban J connectivity index is 0.000000638. The van der Waals surface area contributed by atoms with Crippen molar-refractivity contribution in [3.8, 4) is 0 Å². The number of hydrogen-bond acceptors (Lipinski definition) is 13. The minimum atomic E-state index is -1.74. The summed E-state index contributed by atoms with van der Waals surface area (Å²) in [7, 11) is 0. The van der Waals surface area contributed by atoms with Crippen molar-refractivity contribution in [3.63, 3.8) is 0 Å². The smallest absolute Gasteiger partial charge is 0.325 e. The van der Waals surface area contributed by atoms with E-state index in [1.807, 2.05) is 0 Å². The molecule has 6 atom stereocenters. The summed E-state index contributed by atoms with van der Waals surface area (Å²) in [4.78, 5) is 98.2. The Kier molecular flexibility index (Phi) is 26.7. The quantitative estimate of drug-likeness (QED) is 0.0310. The van der Waals surface area contributed by atoms with Crippen molar-refractivity contribution in [2.75, 3.05) is 19.7 Å². The standard InChI is InChI=1S/C22H34Cl3N3O6.C20H33N3O6/c1-5-6-7-8-11-17(29)34-18(14(2)3)19(30)26-15(4)20(31)28-12-9-10-16(27-28)21(32)33-13-22(23,24)25;1-5-6-7-8-11-16(24)29-17(13(2)3)18(25)21-14(4)19(26)23-12-9-10-15(22-23)20(27)28/h5,14-16,18,27H,1,6-13H2,2-4H3,(H,26,30);5,13-15,17,22H,1,6-12H2,2-4H3,(H,21,25)(H,27,28)/t15-,16-,18-;14-,15-,17-/m00/s1. The molecule has 5 N–H and O–H groups in total. The molecule has 2 fully saturated rings. The van der Waals surface area contributed by atoms with Crippen LogP contribution in [0.2, 0.25) is 0 Å². The fraction of sp³-hybridized carbons (Fsp3) is 0.714. The maximum Gasteiger partial charge on any atom is 0.325 e. The summed E-state index contributed by atoms with van der Waals surface area (Å²) in [5.41, 5.74) is 5.46. The lowest BCUT2D eigenvalue weighted by Gasteiger charge is -2.34. The molecule has 2 rings (SSSR count). The Morgan fingerprint density at radius 2 is 1.10 bits per heavy atom. The first-order chi connectivity index (χ1) is 29.5. The number of carboxylic acid groups (broad SMARTS) is 1. The Morgan fingerprint density at radius 3 is 1.46 bits per heavy atom. The van der Waals surface area contributed by atoms with Crippen molar-refractivity contribution < 1.29 is 57.7 Å². The second-order valence-corrected chi connectivity index (χ2v) is 18.5. The molecular formula is C42H67Cl3N6O12. The third-order valence-corrected chi connectivity index (χ3v) is 9.97. The van der Waals surface area contributed by atoms with Crippen LogP contribution >= 0.6 is 34.8 Å². The van der Waals surface area contributed by atoms with Gasteiger partial charge in [0.1, 0.15) is 30.8 Å². The van der Waals surface area contributed by atoms with Gasteiger partial charge in [-0.05, 0) is 89.9 Å². The number of carboxylic acids is 1. The minimum absolute atomic E-state index is 0.201. The number of halogens is 3. The SMILES string of the molecule is C=CCCCCC(=O)O[C@H](C(=O)N[C@@H](C)C(=O)N1CCC[C@@H](C(=O)O)N1)C(C)C.C=CCCCCC(=O)O[C@H](C(=O)N[C@@H](C)C(=O)N1CCC[C@@H](C(=O)OCC(Cl)(Cl)Cl)N1)C(C)C. The van der Waals surface area contributed by atoms with Gasteiger partial charge in [0.15, 0.2) is 12.2 Å². The molecule has 0 aromatic heterocycles. The van der Waals surface area contributed by atoms with Crippen LogP contribution in [0, 0.1) is 11.8 Å². The molecule has 0 saturated carbocycles. The molecule has 63 heavy (non-hydrogen) atoms. The van der Waals surface area contributed by atoms with Gasteiger partial charge in [-0.3, -0.25) is 48.4 Å². The summed E-state index contributed by atoms with van der Waals surface area (Å²) in [6.07, 6.45) is 8.43. The van der Waals surface area contributed by atoms with Crippen LogP contribution in [0.5, 0.6) is 0 Å². The number of rotatable bonds is 23. The lowest BCUT2D eigenvalue weighted by Crippen LogP contribution is -2.60. The van der Waals surface area contributed by atoms with E-state index in [2.05, 4.69) is 34.6 Å². The van der Waals surface area contributed by atoms with Gasteiger partial charge in [-0.15, -0.1) is 13.2 Å². The molecular weight excluding hydrogens is 887 g/mol. The fourth-order valence-corrected chi connectivity index (χ4v) is 6.34. The molecule has 0 unspecified atom stereocenters. The van der Waals surface area contributed by atoms with Crippen LogP contribution in [0.15, 0.2) is 25.3 Å². The number of allylic oxidation sites excluding steroid dienone is 2.